The maximum Gasteiger partial charge on any atom is 0.146 e. The van der Waals surface area contributed by atoms with E-state index < -0.39 is 0 Å². The van der Waals surface area contributed by atoms with E-state index in [0.29, 0.717) is 18.6 Å². The Morgan fingerprint density at radius 3 is 2.86 bits per heavy atom. The van der Waals surface area contributed by atoms with E-state index in [9.17, 15) is 4.39 Å². The monoisotopic (exact) mass is 280 g/mol. The second-order valence-electron chi connectivity index (χ2n) is 2.92. The van der Waals surface area contributed by atoms with Crippen molar-refractivity contribution in [2.24, 2.45) is 0 Å². The first-order chi connectivity index (χ1) is 6.66. The van der Waals surface area contributed by atoms with Gasteiger partial charge >= 0.3 is 0 Å². The molecule has 4 heteroatoms. The molecule has 0 atom stereocenters. The van der Waals surface area contributed by atoms with Gasteiger partial charge in [0.15, 0.2) is 0 Å². The van der Waals surface area contributed by atoms with E-state index in [4.69, 9.17) is 16.3 Å². The maximum absolute atomic E-state index is 13.5. The third kappa shape index (κ3) is 2.94. The summed E-state index contributed by atoms with van der Waals surface area (Å²) in [6.45, 7) is 0.623. The molecular formula is C10H11BrClFO. The van der Waals surface area contributed by atoms with Crippen molar-refractivity contribution in [2.45, 2.75) is 12.8 Å². The molecule has 0 amide bonds. The molecule has 1 aromatic carbocycles. The van der Waals surface area contributed by atoms with Crippen LogP contribution in [0, 0.1) is 5.82 Å². The Bertz CT molecular complexity index is 317. The van der Waals surface area contributed by atoms with E-state index in [-0.39, 0.29) is 10.8 Å². The van der Waals surface area contributed by atoms with Gasteiger partial charge in [-0.1, -0.05) is 27.5 Å². The fourth-order valence-electron chi connectivity index (χ4n) is 1.19. The molecule has 0 saturated carbocycles. The lowest BCUT2D eigenvalue weighted by atomic mass is 10.1. The van der Waals surface area contributed by atoms with Gasteiger partial charge in [0.25, 0.3) is 0 Å². The summed E-state index contributed by atoms with van der Waals surface area (Å²) in [6.07, 6.45) is 1.41. The minimum Gasteiger partial charge on any atom is -0.385 e. The number of benzene rings is 1. The third-order valence-electron chi connectivity index (χ3n) is 1.91. The molecule has 0 N–H and O–H groups in total. The molecule has 0 spiro atoms. The predicted molar refractivity (Wildman–Crippen MR) is 59.3 cm³/mol. The van der Waals surface area contributed by atoms with Crippen molar-refractivity contribution in [3.8, 4) is 0 Å². The van der Waals surface area contributed by atoms with Crippen molar-refractivity contribution >= 4 is 27.5 Å². The van der Waals surface area contributed by atoms with Crippen LogP contribution in [-0.4, -0.2) is 13.7 Å². The van der Waals surface area contributed by atoms with Crippen LogP contribution in [0.15, 0.2) is 16.6 Å². The zero-order valence-electron chi connectivity index (χ0n) is 7.82. The van der Waals surface area contributed by atoms with Crippen LogP contribution >= 0.6 is 27.5 Å². The topological polar surface area (TPSA) is 9.23 Å². The Labute approximate surface area is 96.3 Å². The molecule has 78 valence electrons. The predicted octanol–water partition coefficient (Wildman–Crippen LogP) is 3.82. The molecule has 0 radical (unpaired) electrons. The van der Waals surface area contributed by atoms with Crippen molar-refractivity contribution in [1.29, 1.82) is 0 Å². The van der Waals surface area contributed by atoms with E-state index in [1.54, 1.807) is 19.2 Å². The van der Waals surface area contributed by atoms with Gasteiger partial charge in [-0.25, -0.2) is 4.39 Å². The molecule has 0 unspecified atom stereocenters. The van der Waals surface area contributed by atoms with Gasteiger partial charge < -0.3 is 4.74 Å². The second-order valence-corrected chi connectivity index (χ2v) is 4.18. The number of methoxy groups -OCH3 is 1. The number of rotatable bonds is 4. The standard InChI is InChI=1S/C10H11BrClFO/c1-14-6-2-3-7-8(11)4-5-9(12)10(7)13/h4-5H,2-3,6H2,1H3. The summed E-state index contributed by atoms with van der Waals surface area (Å²) < 4.78 is 19.1. The lowest BCUT2D eigenvalue weighted by molar-refractivity contribution is 0.195. The Morgan fingerprint density at radius 1 is 1.50 bits per heavy atom. The highest BCUT2D eigenvalue weighted by molar-refractivity contribution is 9.10. The number of ether oxygens (including phenoxy) is 1. The van der Waals surface area contributed by atoms with E-state index in [1.807, 2.05) is 0 Å². The molecule has 0 aromatic heterocycles. The highest BCUT2D eigenvalue weighted by Gasteiger charge is 2.10. The molecule has 1 nitrogen and oxygen atoms in total. The van der Waals surface area contributed by atoms with Crippen molar-refractivity contribution in [3.63, 3.8) is 0 Å². The van der Waals surface area contributed by atoms with E-state index in [2.05, 4.69) is 15.9 Å². The first kappa shape index (κ1) is 12.0. The fourth-order valence-corrected chi connectivity index (χ4v) is 1.87. The normalized spacial score (nSPS) is 10.6. The van der Waals surface area contributed by atoms with Gasteiger partial charge in [-0.3, -0.25) is 0 Å². The SMILES string of the molecule is COCCCc1c(Br)ccc(Cl)c1F. The first-order valence-electron chi connectivity index (χ1n) is 4.28. The van der Waals surface area contributed by atoms with Crippen LogP contribution in [0.1, 0.15) is 12.0 Å². The summed E-state index contributed by atoms with van der Waals surface area (Å²) in [5.74, 6) is -0.336. The summed E-state index contributed by atoms with van der Waals surface area (Å²) in [6, 6.07) is 3.30. The zero-order chi connectivity index (χ0) is 10.6. The molecule has 0 fully saturated rings. The van der Waals surface area contributed by atoms with Crippen molar-refractivity contribution in [1.82, 2.24) is 0 Å². The maximum atomic E-state index is 13.5. The first-order valence-corrected chi connectivity index (χ1v) is 5.45. The van der Waals surface area contributed by atoms with E-state index in [0.717, 1.165) is 10.9 Å². The van der Waals surface area contributed by atoms with Crippen LogP contribution in [0.5, 0.6) is 0 Å². The molecule has 1 aromatic rings. The number of hydrogen-bond acceptors (Lipinski definition) is 1. The van der Waals surface area contributed by atoms with E-state index >= 15 is 0 Å². The molecule has 1 rings (SSSR count). The molecule has 14 heavy (non-hydrogen) atoms. The lowest BCUT2D eigenvalue weighted by Crippen LogP contribution is -1.97. The molecule has 0 saturated heterocycles. The second kappa shape index (κ2) is 5.69. The highest BCUT2D eigenvalue weighted by atomic mass is 79.9. The number of halogens is 3. The summed E-state index contributed by atoms with van der Waals surface area (Å²) in [7, 11) is 1.63. The van der Waals surface area contributed by atoms with Gasteiger partial charge in [0, 0.05) is 23.8 Å². The van der Waals surface area contributed by atoms with Gasteiger partial charge in [0.1, 0.15) is 5.82 Å². The average molecular weight is 282 g/mol. The summed E-state index contributed by atoms with van der Waals surface area (Å²) >= 11 is 8.97. The van der Waals surface area contributed by atoms with E-state index in [1.165, 1.54) is 0 Å². The van der Waals surface area contributed by atoms with Crippen LogP contribution in [0.4, 0.5) is 4.39 Å². The van der Waals surface area contributed by atoms with Crippen molar-refractivity contribution < 1.29 is 9.13 Å². The van der Waals surface area contributed by atoms with Crippen LogP contribution in [0.3, 0.4) is 0 Å². The quantitative estimate of drug-likeness (QED) is 0.602. The van der Waals surface area contributed by atoms with Crippen LogP contribution < -0.4 is 0 Å². The third-order valence-corrected chi connectivity index (χ3v) is 2.95. The van der Waals surface area contributed by atoms with Gasteiger partial charge in [0.05, 0.1) is 5.02 Å². The van der Waals surface area contributed by atoms with Gasteiger partial charge in [-0.05, 0) is 25.0 Å². The van der Waals surface area contributed by atoms with Crippen molar-refractivity contribution in [3.05, 3.63) is 33.0 Å². The molecule has 0 aliphatic heterocycles. The van der Waals surface area contributed by atoms with Gasteiger partial charge in [-0.15, -0.1) is 0 Å². The van der Waals surface area contributed by atoms with Crippen LogP contribution in [0.25, 0.3) is 0 Å². The molecule has 0 aliphatic carbocycles. The Hall–Kier alpha value is -0.120. The molecule has 0 aliphatic rings. The smallest absolute Gasteiger partial charge is 0.146 e. The fraction of sp³-hybridized carbons (Fsp3) is 0.400. The summed E-state index contributed by atoms with van der Waals surface area (Å²) in [4.78, 5) is 0. The Balaban J connectivity index is 2.79. The minimum absolute atomic E-state index is 0.167. The van der Waals surface area contributed by atoms with Gasteiger partial charge in [-0.2, -0.15) is 0 Å². The van der Waals surface area contributed by atoms with Crippen LogP contribution in [-0.2, 0) is 11.2 Å². The van der Waals surface area contributed by atoms with Crippen LogP contribution in [0.2, 0.25) is 5.02 Å². The molecular weight excluding hydrogens is 270 g/mol. The van der Waals surface area contributed by atoms with Gasteiger partial charge in [0.2, 0.25) is 0 Å². The van der Waals surface area contributed by atoms with Crippen molar-refractivity contribution in [2.75, 3.05) is 13.7 Å². The Morgan fingerprint density at radius 2 is 2.21 bits per heavy atom. The molecule has 0 heterocycles. The molecule has 0 bridgehead atoms. The summed E-state index contributed by atoms with van der Waals surface area (Å²) in [5.41, 5.74) is 0.620. The highest BCUT2D eigenvalue weighted by Crippen LogP contribution is 2.26. The summed E-state index contributed by atoms with van der Waals surface area (Å²) in [5, 5.41) is 0.167. The minimum atomic E-state index is -0.336. The lowest BCUT2D eigenvalue weighted by Gasteiger charge is -2.06. The zero-order valence-corrected chi connectivity index (χ0v) is 10.2. The number of hydrogen-bond donors (Lipinski definition) is 0. The average Bonchev–Trinajstić information content (AvgIpc) is 2.18. The largest absolute Gasteiger partial charge is 0.385 e. The Kier molecular flexibility index (Phi) is 4.85.